The fourth-order valence-electron chi connectivity index (χ4n) is 2.06. The topological polar surface area (TPSA) is 73.2 Å². The molecule has 0 atom stereocenters. The van der Waals surface area contributed by atoms with Gasteiger partial charge in [-0.3, -0.25) is 14.3 Å². The summed E-state index contributed by atoms with van der Waals surface area (Å²) in [6, 6.07) is 0. The molecule has 1 N–H and O–H groups in total. The molecular weight excluding hydrogens is 270 g/mol. The molecule has 1 aromatic heterocycles. The average Bonchev–Trinajstić information content (AvgIpc) is 2.68. The van der Waals surface area contributed by atoms with Crippen LogP contribution in [0.15, 0.2) is 0 Å². The minimum Gasteiger partial charge on any atom is -0.464 e. The standard InChI is InChI=1S/C15H25N3O3/c1-5-6-9-21-15(20)10-16-14(19)8-7-13-11(2)17-18(4)12(13)3/h5-10H2,1-4H3,(H,16,19). The Morgan fingerprint density at radius 3 is 2.62 bits per heavy atom. The van der Waals surface area contributed by atoms with Gasteiger partial charge in [0.25, 0.3) is 0 Å². The van der Waals surface area contributed by atoms with Crippen LogP contribution in [0.1, 0.15) is 43.1 Å². The number of amides is 1. The van der Waals surface area contributed by atoms with E-state index in [0.717, 1.165) is 29.8 Å². The SMILES string of the molecule is CCCCOC(=O)CNC(=O)CCc1c(C)nn(C)c1C. The molecule has 0 unspecified atom stereocenters. The van der Waals surface area contributed by atoms with Gasteiger partial charge in [-0.2, -0.15) is 5.10 Å². The lowest BCUT2D eigenvalue weighted by molar-refractivity contribution is -0.144. The van der Waals surface area contributed by atoms with Gasteiger partial charge in [0, 0.05) is 19.2 Å². The maximum absolute atomic E-state index is 11.7. The van der Waals surface area contributed by atoms with Crippen LogP contribution < -0.4 is 5.32 Å². The van der Waals surface area contributed by atoms with E-state index < -0.39 is 0 Å². The van der Waals surface area contributed by atoms with Gasteiger partial charge in [-0.05, 0) is 32.3 Å². The van der Waals surface area contributed by atoms with Crippen LogP contribution in [-0.2, 0) is 27.8 Å². The van der Waals surface area contributed by atoms with Crippen molar-refractivity contribution in [2.45, 2.75) is 46.5 Å². The van der Waals surface area contributed by atoms with Crippen LogP contribution in [0.4, 0.5) is 0 Å². The van der Waals surface area contributed by atoms with Crippen molar-refractivity contribution in [3.05, 3.63) is 17.0 Å². The van der Waals surface area contributed by atoms with Gasteiger partial charge >= 0.3 is 5.97 Å². The molecule has 0 aromatic carbocycles. The van der Waals surface area contributed by atoms with Gasteiger partial charge in [0.2, 0.25) is 5.91 Å². The minimum absolute atomic E-state index is 0.0620. The predicted molar refractivity (Wildman–Crippen MR) is 79.9 cm³/mol. The summed E-state index contributed by atoms with van der Waals surface area (Å²) in [7, 11) is 1.89. The summed E-state index contributed by atoms with van der Waals surface area (Å²) in [5.41, 5.74) is 3.11. The number of hydrogen-bond acceptors (Lipinski definition) is 4. The van der Waals surface area contributed by atoms with E-state index in [1.54, 1.807) is 0 Å². The summed E-state index contributed by atoms with van der Waals surface area (Å²) in [4.78, 5) is 23.1. The number of aromatic nitrogens is 2. The first-order valence-corrected chi connectivity index (χ1v) is 7.37. The zero-order valence-corrected chi connectivity index (χ0v) is 13.4. The molecule has 0 aliphatic rings. The monoisotopic (exact) mass is 295 g/mol. The van der Waals surface area contributed by atoms with Crippen LogP contribution in [0.3, 0.4) is 0 Å². The van der Waals surface area contributed by atoms with Gasteiger partial charge < -0.3 is 10.1 Å². The average molecular weight is 295 g/mol. The Hall–Kier alpha value is -1.85. The van der Waals surface area contributed by atoms with Gasteiger partial charge in [-0.1, -0.05) is 13.3 Å². The summed E-state index contributed by atoms with van der Waals surface area (Å²) < 4.78 is 6.78. The van der Waals surface area contributed by atoms with Crippen molar-refractivity contribution >= 4 is 11.9 Å². The highest BCUT2D eigenvalue weighted by atomic mass is 16.5. The second-order valence-corrected chi connectivity index (χ2v) is 5.12. The molecule has 0 radical (unpaired) electrons. The van der Waals surface area contributed by atoms with Crippen molar-refractivity contribution in [2.24, 2.45) is 7.05 Å². The van der Waals surface area contributed by atoms with Crippen LogP contribution in [0.25, 0.3) is 0 Å². The van der Waals surface area contributed by atoms with Crippen molar-refractivity contribution in [3.63, 3.8) is 0 Å². The maximum Gasteiger partial charge on any atom is 0.325 e. The molecule has 0 saturated carbocycles. The Labute approximate surface area is 125 Å². The zero-order valence-electron chi connectivity index (χ0n) is 13.4. The molecule has 118 valence electrons. The fourth-order valence-corrected chi connectivity index (χ4v) is 2.06. The number of unbranched alkanes of at least 4 members (excludes halogenated alkanes) is 1. The largest absolute Gasteiger partial charge is 0.464 e. The summed E-state index contributed by atoms with van der Waals surface area (Å²) in [6.07, 6.45) is 2.79. The second-order valence-electron chi connectivity index (χ2n) is 5.12. The highest BCUT2D eigenvalue weighted by molar-refractivity contribution is 5.82. The molecular formula is C15H25N3O3. The molecule has 0 aliphatic heterocycles. The van der Waals surface area contributed by atoms with Gasteiger partial charge in [-0.15, -0.1) is 0 Å². The Kier molecular flexibility index (Phi) is 6.91. The number of rotatable bonds is 8. The number of nitrogens with zero attached hydrogens (tertiary/aromatic N) is 2. The number of carbonyl (C=O) groups excluding carboxylic acids is 2. The molecule has 1 rings (SSSR count). The minimum atomic E-state index is -0.384. The van der Waals surface area contributed by atoms with Crippen molar-refractivity contribution in [2.75, 3.05) is 13.2 Å². The Morgan fingerprint density at radius 1 is 1.33 bits per heavy atom. The number of hydrogen-bond donors (Lipinski definition) is 1. The maximum atomic E-state index is 11.7. The van der Waals surface area contributed by atoms with Crippen LogP contribution in [0.5, 0.6) is 0 Å². The van der Waals surface area contributed by atoms with E-state index in [-0.39, 0.29) is 18.4 Å². The van der Waals surface area contributed by atoms with Crippen molar-refractivity contribution in [1.29, 1.82) is 0 Å². The zero-order chi connectivity index (χ0) is 15.8. The number of aryl methyl sites for hydroxylation is 2. The first-order chi connectivity index (χ1) is 9.95. The summed E-state index contributed by atoms with van der Waals surface area (Å²) in [5.74, 6) is -0.532. The summed E-state index contributed by atoms with van der Waals surface area (Å²) in [6.45, 7) is 6.30. The van der Waals surface area contributed by atoms with Gasteiger partial charge in [0.05, 0.1) is 12.3 Å². The van der Waals surface area contributed by atoms with Crippen molar-refractivity contribution in [1.82, 2.24) is 15.1 Å². The van der Waals surface area contributed by atoms with Gasteiger partial charge in [-0.25, -0.2) is 0 Å². The number of nitrogens with one attached hydrogen (secondary N) is 1. The molecule has 1 amide bonds. The van der Waals surface area contributed by atoms with Crippen LogP contribution in [0.2, 0.25) is 0 Å². The van der Waals surface area contributed by atoms with Crippen LogP contribution >= 0.6 is 0 Å². The third-order valence-electron chi connectivity index (χ3n) is 3.45. The molecule has 0 saturated heterocycles. The van der Waals surface area contributed by atoms with Crippen LogP contribution in [-0.4, -0.2) is 34.8 Å². The quantitative estimate of drug-likeness (QED) is 0.581. The lowest BCUT2D eigenvalue weighted by atomic mass is 10.1. The predicted octanol–water partition coefficient (Wildman–Crippen LogP) is 1.43. The third kappa shape index (κ3) is 5.57. The molecule has 0 fully saturated rings. The van der Waals surface area contributed by atoms with E-state index in [4.69, 9.17) is 4.74 Å². The molecule has 21 heavy (non-hydrogen) atoms. The van der Waals surface area contributed by atoms with Crippen LogP contribution in [0, 0.1) is 13.8 Å². The van der Waals surface area contributed by atoms with E-state index in [0.29, 0.717) is 19.4 Å². The molecule has 0 bridgehead atoms. The smallest absolute Gasteiger partial charge is 0.325 e. The third-order valence-corrected chi connectivity index (χ3v) is 3.45. The lowest BCUT2D eigenvalue weighted by Gasteiger charge is -2.06. The number of carbonyl (C=O) groups is 2. The molecule has 1 aromatic rings. The van der Waals surface area contributed by atoms with E-state index in [9.17, 15) is 9.59 Å². The Balaban J connectivity index is 2.30. The Morgan fingerprint density at radius 2 is 2.05 bits per heavy atom. The summed E-state index contributed by atoms with van der Waals surface area (Å²) >= 11 is 0. The van der Waals surface area contributed by atoms with Gasteiger partial charge in [0.1, 0.15) is 6.54 Å². The Bertz CT molecular complexity index is 495. The van der Waals surface area contributed by atoms with E-state index in [2.05, 4.69) is 10.4 Å². The molecule has 6 heteroatoms. The molecule has 0 aliphatic carbocycles. The number of ether oxygens (including phenoxy) is 1. The van der Waals surface area contributed by atoms with Gasteiger partial charge in [0.15, 0.2) is 0 Å². The first kappa shape index (κ1) is 17.2. The number of esters is 1. The second kappa shape index (κ2) is 8.44. The van der Waals surface area contributed by atoms with Crippen molar-refractivity contribution < 1.29 is 14.3 Å². The first-order valence-electron chi connectivity index (χ1n) is 7.37. The molecule has 1 heterocycles. The van der Waals surface area contributed by atoms with E-state index >= 15 is 0 Å². The summed E-state index contributed by atoms with van der Waals surface area (Å²) in [5, 5.41) is 6.90. The highest BCUT2D eigenvalue weighted by Gasteiger charge is 2.12. The van der Waals surface area contributed by atoms with Crippen molar-refractivity contribution in [3.8, 4) is 0 Å². The fraction of sp³-hybridized carbons (Fsp3) is 0.667. The molecule has 0 spiro atoms. The molecule has 6 nitrogen and oxygen atoms in total. The lowest BCUT2D eigenvalue weighted by Crippen LogP contribution is -2.31. The van der Waals surface area contributed by atoms with E-state index in [1.807, 2.05) is 32.5 Å². The van der Waals surface area contributed by atoms with E-state index in [1.165, 1.54) is 0 Å². The highest BCUT2D eigenvalue weighted by Crippen LogP contribution is 2.13. The normalized spacial score (nSPS) is 10.5.